The monoisotopic (exact) mass is 272 g/mol. The summed E-state index contributed by atoms with van der Waals surface area (Å²) in [7, 11) is 0. The van der Waals surface area contributed by atoms with E-state index in [-0.39, 0.29) is 11.5 Å². The lowest BCUT2D eigenvalue weighted by molar-refractivity contribution is -0.0402. The maximum Gasteiger partial charge on any atom is 0.115 e. The van der Waals surface area contributed by atoms with Crippen molar-refractivity contribution in [2.24, 2.45) is 29.1 Å². The predicted molar refractivity (Wildman–Crippen MR) is 79.1 cm³/mol. The van der Waals surface area contributed by atoms with Crippen molar-refractivity contribution in [3.63, 3.8) is 0 Å². The van der Waals surface area contributed by atoms with Crippen LogP contribution in [0, 0.1) is 29.1 Å². The average Bonchev–Trinajstić information content (AvgIpc) is 2.74. The lowest BCUT2D eigenvalue weighted by atomic mass is 9.54. The van der Waals surface area contributed by atoms with Gasteiger partial charge >= 0.3 is 0 Å². The number of hydrogen-bond acceptors (Lipinski definition) is 2. The fourth-order valence-corrected chi connectivity index (χ4v) is 5.56. The number of rotatable bonds is 0. The number of aliphatic hydroxyl groups excluding tert-OH is 2. The van der Waals surface area contributed by atoms with Crippen LogP contribution in [-0.2, 0) is 0 Å². The van der Waals surface area contributed by atoms with Crippen LogP contribution < -0.4 is 0 Å². The third kappa shape index (κ3) is 1.60. The van der Waals surface area contributed by atoms with Crippen LogP contribution in [0.15, 0.2) is 35.6 Å². The van der Waals surface area contributed by atoms with Gasteiger partial charge in [-0.05, 0) is 73.0 Å². The van der Waals surface area contributed by atoms with E-state index in [9.17, 15) is 10.2 Å². The maximum absolute atomic E-state index is 10.4. The van der Waals surface area contributed by atoms with E-state index >= 15 is 0 Å². The number of hydrogen-bond donors (Lipinski definition) is 2. The maximum atomic E-state index is 10.4. The molecule has 0 aromatic heterocycles. The highest BCUT2D eigenvalue weighted by Crippen LogP contribution is 2.60. The molecule has 4 aliphatic carbocycles. The van der Waals surface area contributed by atoms with Crippen molar-refractivity contribution >= 4 is 0 Å². The van der Waals surface area contributed by atoms with Crippen molar-refractivity contribution in [1.82, 2.24) is 0 Å². The van der Waals surface area contributed by atoms with Crippen molar-refractivity contribution in [2.45, 2.75) is 45.1 Å². The van der Waals surface area contributed by atoms with Gasteiger partial charge in [-0.15, -0.1) is 0 Å². The Morgan fingerprint density at radius 1 is 1.20 bits per heavy atom. The van der Waals surface area contributed by atoms with Crippen molar-refractivity contribution < 1.29 is 10.2 Å². The van der Waals surface area contributed by atoms with Crippen LogP contribution in [0.25, 0.3) is 0 Å². The van der Waals surface area contributed by atoms with Gasteiger partial charge in [0.25, 0.3) is 0 Å². The first-order valence-corrected chi connectivity index (χ1v) is 8.06. The first-order chi connectivity index (χ1) is 9.59. The second-order valence-electron chi connectivity index (χ2n) is 7.47. The fourth-order valence-electron chi connectivity index (χ4n) is 5.56. The molecule has 0 aromatic rings. The summed E-state index contributed by atoms with van der Waals surface area (Å²) in [6.45, 7) is 2.31. The average molecular weight is 272 g/mol. The molecule has 0 radical (unpaired) electrons. The molecule has 4 rings (SSSR count). The van der Waals surface area contributed by atoms with Gasteiger partial charge < -0.3 is 10.2 Å². The van der Waals surface area contributed by atoms with E-state index in [1.807, 2.05) is 12.2 Å². The van der Waals surface area contributed by atoms with Gasteiger partial charge in [-0.25, -0.2) is 0 Å². The van der Waals surface area contributed by atoms with E-state index in [0.717, 1.165) is 25.2 Å². The highest BCUT2D eigenvalue weighted by atomic mass is 16.3. The molecule has 6 atom stereocenters. The third-order valence-corrected chi connectivity index (χ3v) is 6.70. The van der Waals surface area contributed by atoms with Crippen LogP contribution in [0.3, 0.4) is 0 Å². The van der Waals surface area contributed by atoms with Crippen molar-refractivity contribution in [3.8, 4) is 0 Å². The summed E-state index contributed by atoms with van der Waals surface area (Å²) >= 11 is 0. The zero-order valence-electron chi connectivity index (χ0n) is 12.1. The molecule has 2 nitrogen and oxygen atoms in total. The normalized spacial score (nSPS) is 49.8. The largest absolute Gasteiger partial charge is 0.508 e. The molecule has 20 heavy (non-hydrogen) atoms. The summed E-state index contributed by atoms with van der Waals surface area (Å²) in [6, 6.07) is 0. The Kier molecular flexibility index (Phi) is 2.69. The van der Waals surface area contributed by atoms with E-state index in [0.29, 0.717) is 23.5 Å². The fraction of sp³-hybridized carbons (Fsp3) is 0.667. The summed E-state index contributed by atoms with van der Waals surface area (Å²) in [6.07, 6.45) is 13.9. The summed E-state index contributed by atoms with van der Waals surface area (Å²) in [4.78, 5) is 0. The Balaban J connectivity index is 1.68. The molecular weight excluding hydrogens is 248 g/mol. The van der Waals surface area contributed by atoms with Crippen LogP contribution in [0.2, 0.25) is 0 Å². The zero-order valence-corrected chi connectivity index (χ0v) is 12.1. The number of aliphatic hydroxyl groups is 2. The molecule has 0 amide bonds. The van der Waals surface area contributed by atoms with Gasteiger partial charge in [-0.3, -0.25) is 0 Å². The van der Waals surface area contributed by atoms with E-state index < -0.39 is 0 Å². The Bertz CT molecular complexity index is 516. The van der Waals surface area contributed by atoms with E-state index in [1.54, 1.807) is 0 Å². The third-order valence-electron chi connectivity index (χ3n) is 6.70. The van der Waals surface area contributed by atoms with Crippen molar-refractivity contribution in [3.05, 3.63) is 35.6 Å². The molecule has 2 saturated carbocycles. The lowest BCUT2D eigenvalue weighted by Crippen LogP contribution is -2.46. The summed E-state index contributed by atoms with van der Waals surface area (Å²) in [5.74, 6) is 2.99. The van der Waals surface area contributed by atoms with E-state index in [4.69, 9.17) is 0 Å². The van der Waals surface area contributed by atoms with Gasteiger partial charge in [-0.2, -0.15) is 0 Å². The van der Waals surface area contributed by atoms with Gasteiger partial charge in [0.2, 0.25) is 0 Å². The second kappa shape index (κ2) is 4.24. The predicted octanol–water partition coefficient (Wildman–Crippen LogP) is 3.75. The number of allylic oxidation sites excluding steroid dienone is 5. The SMILES string of the molecule is C[C@]12CC[C@H]3[C@@H](CC=C4C=C(O)C=C[C@@H]43)[C@@H]1CC[C@H]2O. The number of fused-ring (bicyclic) bond motifs is 5. The van der Waals surface area contributed by atoms with Crippen molar-refractivity contribution in [2.75, 3.05) is 0 Å². The molecule has 0 aliphatic heterocycles. The van der Waals surface area contributed by atoms with Gasteiger partial charge in [0.05, 0.1) is 6.10 Å². The standard InChI is InChI=1S/C18H24O2/c1-18-9-8-14-13-5-3-12(19)10-11(13)2-4-15(14)16(18)6-7-17(18)20/h2-3,5,10,13-17,19-20H,4,6-9H2,1H3/t13-,14+,15+,16-,17+,18-/m0/s1. The Morgan fingerprint density at radius 3 is 2.90 bits per heavy atom. The molecule has 2 fully saturated rings. The van der Waals surface area contributed by atoms with Crippen LogP contribution in [0.5, 0.6) is 0 Å². The van der Waals surface area contributed by atoms with Gasteiger partial charge in [0.1, 0.15) is 5.76 Å². The molecule has 2 N–H and O–H groups in total. The molecule has 108 valence electrons. The lowest BCUT2D eigenvalue weighted by Gasteiger charge is -2.51. The Morgan fingerprint density at radius 2 is 2.05 bits per heavy atom. The minimum atomic E-state index is -0.0929. The minimum absolute atomic E-state index is 0.0929. The minimum Gasteiger partial charge on any atom is -0.508 e. The first kappa shape index (κ1) is 12.7. The molecule has 2 heteroatoms. The molecule has 0 aromatic carbocycles. The summed E-state index contributed by atoms with van der Waals surface area (Å²) in [5.41, 5.74) is 1.47. The first-order valence-electron chi connectivity index (χ1n) is 8.06. The smallest absolute Gasteiger partial charge is 0.115 e. The van der Waals surface area contributed by atoms with Crippen LogP contribution in [0.1, 0.15) is 39.0 Å². The molecule has 4 aliphatic rings. The topological polar surface area (TPSA) is 40.5 Å². The van der Waals surface area contributed by atoms with Crippen LogP contribution in [0.4, 0.5) is 0 Å². The van der Waals surface area contributed by atoms with Gasteiger partial charge in [-0.1, -0.05) is 19.1 Å². The zero-order chi connectivity index (χ0) is 13.9. The second-order valence-corrected chi connectivity index (χ2v) is 7.47. The van der Waals surface area contributed by atoms with Crippen LogP contribution >= 0.6 is 0 Å². The molecule has 0 bridgehead atoms. The summed E-state index contributed by atoms with van der Waals surface area (Å²) in [5, 5.41) is 20.0. The molecular formula is C18H24O2. The van der Waals surface area contributed by atoms with Gasteiger partial charge in [0, 0.05) is 5.92 Å². The molecule has 0 spiro atoms. The summed E-state index contributed by atoms with van der Waals surface area (Å²) < 4.78 is 0. The quantitative estimate of drug-likeness (QED) is 0.705. The molecule has 0 saturated heterocycles. The van der Waals surface area contributed by atoms with Crippen molar-refractivity contribution in [1.29, 1.82) is 0 Å². The molecule has 0 heterocycles. The Hall–Kier alpha value is -1.02. The highest BCUT2D eigenvalue weighted by Gasteiger charge is 2.55. The van der Waals surface area contributed by atoms with E-state index in [1.165, 1.54) is 18.4 Å². The Labute approximate surface area is 120 Å². The highest BCUT2D eigenvalue weighted by molar-refractivity contribution is 5.38. The van der Waals surface area contributed by atoms with Gasteiger partial charge in [0.15, 0.2) is 0 Å². The van der Waals surface area contributed by atoms with Crippen LogP contribution in [-0.4, -0.2) is 16.3 Å². The van der Waals surface area contributed by atoms with E-state index in [2.05, 4.69) is 19.1 Å². The molecule has 0 unspecified atom stereocenters.